The predicted octanol–water partition coefficient (Wildman–Crippen LogP) is 2.83. The van der Waals surface area contributed by atoms with Gasteiger partial charge in [-0.3, -0.25) is 19.5 Å². The molecule has 2 aromatic carbocycles. The summed E-state index contributed by atoms with van der Waals surface area (Å²) < 4.78 is 5.23. The van der Waals surface area contributed by atoms with Crippen molar-refractivity contribution in [1.29, 1.82) is 0 Å². The zero-order valence-electron chi connectivity index (χ0n) is 11.8. The number of pyridine rings is 1. The van der Waals surface area contributed by atoms with Crippen LogP contribution in [0.1, 0.15) is 10.4 Å². The zero-order valence-corrected chi connectivity index (χ0v) is 11.8. The number of hydrogen-bond acceptors (Lipinski definition) is 3. The van der Waals surface area contributed by atoms with Crippen LogP contribution >= 0.6 is 0 Å². The molecule has 0 spiro atoms. The molecule has 5 nitrogen and oxygen atoms in total. The molecule has 3 aromatic rings. The fourth-order valence-corrected chi connectivity index (χ4v) is 2.93. The SMILES string of the molecule is COc1[nH]c(=O)ccc1N1C(=O)c2cccc3cccc1c23. The number of aromatic nitrogens is 1. The number of carbonyl (C=O) groups excluding carboxylic acids is 1. The molecule has 1 amide bonds. The van der Waals surface area contributed by atoms with Crippen LogP contribution in [0, 0.1) is 0 Å². The van der Waals surface area contributed by atoms with E-state index in [0.717, 1.165) is 16.5 Å². The van der Waals surface area contributed by atoms with E-state index >= 15 is 0 Å². The first kappa shape index (κ1) is 12.6. The molecule has 1 aromatic heterocycles. The number of rotatable bonds is 2. The number of nitrogens with one attached hydrogen (secondary N) is 1. The summed E-state index contributed by atoms with van der Waals surface area (Å²) in [5.41, 5.74) is 1.70. The maximum Gasteiger partial charge on any atom is 0.263 e. The highest BCUT2D eigenvalue weighted by molar-refractivity contribution is 6.28. The molecule has 0 saturated heterocycles. The summed E-state index contributed by atoms with van der Waals surface area (Å²) in [4.78, 5) is 28.5. The third-order valence-corrected chi connectivity index (χ3v) is 3.86. The second-order valence-electron chi connectivity index (χ2n) is 5.06. The summed E-state index contributed by atoms with van der Waals surface area (Å²) >= 11 is 0. The number of aromatic amines is 1. The van der Waals surface area contributed by atoms with E-state index in [9.17, 15) is 9.59 Å². The number of hydrogen-bond donors (Lipinski definition) is 1. The Bertz CT molecular complexity index is 970. The monoisotopic (exact) mass is 292 g/mol. The Hall–Kier alpha value is -3.08. The van der Waals surface area contributed by atoms with E-state index in [2.05, 4.69) is 4.98 Å². The quantitative estimate of drug-likeness (QED) is 0.790. The topological polar surface area (TPSA) is 62.4 Å². The van der Waals surface area contributed by atoms with Gasteiger partial charge >= 0.3 is 0 Å². The van der Waals surface area contributed by atoms with Gasteiger partial charge in [0.05, 0.1) is 18.4 Å². The van der Waals surface area contributed by atoms with Crippen molar-refractivity contribution >= 4 is 28.1 Å². The van der Waals surface area contributed by atoms with Crippen LogP contribution in [0.15, 0.2) is 53.3 Å². The minimum absolute atomic E-state index is 0.128. The van der Waals surface area contributed by atoms with Crippen molar-refractivity contribution in [2.24, 2.45) is 0 Å². The van der Waals surface area contributed by atoms with Gasteiger partial charge in [-0.05, 0) is 23.6 Å². The molecule has 0 radical (unpaired) electrons. The van der Waals surface area contributed by atoms with Crippen LogP contribution in [0.25, 0.3) is 10.8 Å². The van der Waals surface area contributed by atoms with E-state index in [4.69, 9.17) is 4.74 Å². The molecule has 1 N–H and O–H groups in total. The first-order valence-electron chi connectivity index (χ1n) is 6.84. The van der Waals surface area contributed by atoms with Crippen molar-refractivity contribution < 1.29 is 9.53 Å². The third kappa shape index (κ3) is 1.59. The van der Waals surface area contributed by atoms with Gasteiger partial charge < -0.3 is 4.74 Å². The fraction of sp³-hybridized carbons (Fsp3) is 0.0588. The lowest BCUT2D eigenvalue weighted by Gasteiger charge is -2.19. The number of carbonyl (C=O) groups is 1. The average Bonchev–Trinajstić information content (AvgIpc) is 2.83. The van der Waals surface area contributed by atoms with Gasteiger partial charge in [-0.25, -0.2) is 0 Å². The number of methoxy groups -OCH3 is 1. The van der Waals surface area contributed by atoms with Crippen LogP contribution in [0.3, 0.4) is 0 Å². The van der Waals surface area contributed by atoms with Crippen LogP contribution in [-0.2, 0) is 0 Å². The first-order chi connectivity index (χ1) is 10.7. The molecule has 1 aliphatic rings. The maximum absolute atomic E-state index is 12.8. The van der Waals surface area contributed by atoms with E-state index < -0.39 is 0 Å². The van der Waals surface area contributed by atoms with Crippen LogP contribution in [-0.4, -0.2) is 18.0 Å². The first-order valence-corrected chi connectivity index (χ1v) is 6.84. The van der Waals surface area contributed by atoms with Crippen LogP contribution in [0.5, 0.6) is 5.88 Å². The van der Waals surface area contributed by atoms with Crippen molar-refractivity contribution in [2.45, 2.75) is 0 Å². The molecule has 0 saturated carbocycles. The summed E-state index contributed by atoms with van der Waals surface area (Å²) in [7, 11) is 1.46. The van der Waals surface area contributed by atoms with Gasteiger partial charge in [-0.2, -0.15) is 0 Å². The zero-order chi connectivity index (χ0) is 15.3. The molecule has 0 atom stereocenters. The lowest BCUT2D eigenvalue weighted by Crippen LogP contribution is -2.23. The van der Waals surface area contributed by atoms with E-state index in [1.54, 1.807) is 11.0 Å². The number of H-pyrrole nitrogens is 1. The second kappa shape index (κ2) is 4.46. The van der Waals surface area contributed by atoms with Gasteiger partial charge in [-0.15, -0.1) is 0 Å². The van der Waals surface area contributed by atoms with Crippen molar-refractivity contribution in [2.75, 3.05) is 12.0 Å². The van der Waals surface area contributed by atoms with Gasteiger partial charge in [0.2, 0.25) is 5.88 Å². The molecule has 0 aliphatic carbocycles. The summed E-state index contributed by atoms with van der Waals surface area (Å²) in [5.74, 6) is 0.141. The van der Waals surface area contributed by atoms with Crippen LogP contribution < -0.4 is 15.2 Å². The molecule has 0 unspecified atom stereocenters. The molecule has 22 heavy (non-hydrogen) atoms. The summed E-state index contributed by atoms with van der Waals surface area (Å²) in [6.07, 6.45) is 0. The number of ether oxygens (including phenoxy) is 1. The number of anilines is 2. The highest BCUT2D eigenvalue weighted by Gasteiger charge is 2.32. The molecule has 1 aliphatic heterocycles. The standard InChI is InChI=1S/C17H12N2O3/c1-22-16-13(8-9-14(20)18-16)19-12-7-3-5-10-4-2-6-11(15(10)12)17(19)21/h2-9H,1H3,(H,18,20). The maximum atomic E-state index is 12.8. The Balaban J connectivity index is 2.02. The highest BCUT2D eigenvalue weighted by atomic mass is 16.5. The number of nitrogens with zero attached hydrogens (tertiary/aromatic N) is 1. The summed E-state index contributed by atoms with van der Waals surface area (Å²) in [6, 6.07) is 14.4. The Morgan fingerprint density at radius 1 is 0.955 bits per heavy atom. The Kier molecular flexibility index (Phi) is 2.56. The van der Waals surface area contributed by atoms with Gasteiger partial charge in [0, 0.05) is 11.5 Å². The fourth-order valence-electron chi connectivity index (χ4n) is 2.93. The molecule has 108 valence electrons. The Labute approximate surface area is 125 Å². The van der Waals surface area contributed by atoms with Gasteiger partial charge in [0.15, 0.2) is 0 Å². The van der Waals surface area contributed by atoms with Crippen LogP contribution in [0.2, 0.25) is 0 Å². The van der Waals surface area contributed by atoms with Gasteiger partial charge in [-0.1, -0.05) is 24.3 Å². The summed E-state index contributed by atoms with van der Waals surface area (Å²) in [5, 5.41) is 1.93. The molecule has 5 heteroatoms. The lowest BCUT2D eigenvalue weighted by molar-refractivity contribution is 0.100. The second-order valence-corrected chi connectivity index (χ2v) is 5.06. The van der Waals surface area contributed by atoms with Gasteiger partial charge in [0.1, 0.15) is 5.69 Å². The minimum atomic E-state index is -0.275. The number of amides is 1. The third-order valence-electron chi connectivity index (χ3n) is 3.86. The van der Waals surface area contributed by atoms with Crippen molar-refractivity contribution in [3.05, 3.63) is 64.4 Å². The smallest absolute Gasteiger partial charge is 0.263 e. The highest BCUT2D eigenvalue weighted by Crippen LogP contribution is 2.43. The van der Waals surface area contributed by atoms with E-state index in [1.807, 2.05) is 36.4 Å². The number of benzene rings is 2. The molecule has 0 bridgehead atoms. The van der Waals surface area contributed by atoms with Crippen LogP contribution in [0.4, 0.5) is 11.4 Å². The summed E-state index contributed by atoms with van der Waals surface area (Å²) in [6.45, 7) is 0. The van der Waals surface area contributed by atoms with E-state index in [0.29, 0.717) is 11.3 Å². The van der Waals surface area contributed by atoms with Crippen molar-refractivity contribution in [3.8, 4) is 5.88 Å². The Morgan fingerprint density at radius 3 is 2.50 bits per heavy atom. The molecular formula is C17H12N2O3. The van der Waals surface area contributed by atoms with Crippen molar-refractivity contribution in [3.63, 3.8) is 0 Å². The van der Waals surface area contributed by atoms with Gasteiger partial charge in [0.25, 0.3) is 11.5 Å². The average molecular weight is 292 g/mol. The molecule has 2 heterocycles. The van der Waals surface area contributed by atoms with Crippen molar-refractivity contribution in [1.82, 2.24) is 4.98 Å². The lowest BCUT2D eigenvalue weighted by atomic mass is 10.1. The molecular weight excluding hydrogens is 280 g/mol. The Morgan fingerprint density at radius 2 is 1.73 bits per heavy atom. The van der Waals surface area contributed by atoms with E-state index in [-0.39, 0.29) is 17.3 Å². The predicted molar refractivity (Wildman–Crippen MR) is 84.0 cm³/mol. The largest absolute Gasteiger partial charge is 0.481 e. The molecule has 4 rings (SSSR count). The molecule has 0 fully saturated rings. The normalized spacial score (nSPS) is 13.0. The minimum Gasteiger partial charge on any atom is -0.481 e. The van der Waals surface area contributed by atoms with E-state index in [1.165, 1.54) is 13.2 Å².